The number of nitrogens with zero attached hydrogens (tertiary/aromatic N) is 1. The first-order chi connectivity index (χ1) is 12.4. The van der Waals surface area contributed by atoms with Gasteiger partial charge >= 0.3 is 5.97 Å². The number of rotatable bonds is 5. The summed E-state index contributed by atoms with van der Waals surface area (Å²) in [4.78, 5) is 35.1. The molecule has 0 aliphatic heterocycles. The first kappa shape index (κ1) is 18.1. The molecule has 1 aliphatic carbocycles. The molecule has 0 aromatic heterocycles. The van der Waals surface area contributed by atoms with Crippen molar-refractivity contribution in [2.75, 3.05) is 0 Å². The predicted octanol–water partition coefficient (Wildman–Crippen LogP) is 4.17. The van der Waals surface area contributed by atoms with Gasteiger partial charge in [0, 0.05) is 17.7 Å². The van der Waals surface area contributed by atoms with E-state index < -0.39 is 17.0 Å². The van der Waals surface area contributed by atoms with Gasteiger partial charge in [0.25, 0.3) is 5.69 Å². The van der Waals surface area contributed by atoms with Crippen molar-refractivity contribution in [3.05, 3.63) is 73.8 Å². The molecule has 0 bridgehead atoms. The van der Waals surface area contributed by atoms with Gasteiger partial charge in [-0.25, -0.2) is 4.79 Å². The Hall–Kier alpha value is -2.73. The van der Waals surface area contributed by atoms with Crippen LogP contribution in [-0.2, 0) is 17.6 Å². The number of esters is 1. The molecule has 6 nitrogen and oxygen atoms in total. The summed E-state index contributed by atoms with van der Waals surface area (Å²) in [7, 11) is 0. The second-order valence-electron chi connectivity index (χ2n) is 6.17. The van der Waals surface area contributed by atoms with E-state index in [2.05, 4.69) is 0 Å². The van der Waals surface area contributed by atoms with Crippen molar-refractivity contribution in [3.63, 3.8) is 0 Å². The predicted molar refractivity (Wildman–Crippen MR) is 95.8 cm³/mol. The van der Waals surface area contributed by atoms with Crippen LogP contribution in [0.1, 0.15) is 45.2 Å². The van der Waals surface area contributed by atoms with Gasteiger partial charge in [0.2, 0.25) is 5.78 Å². The van der Waals surface area contributed by atoms with Crippen LogP contribution in [0.25, 0.3) is 0 Å². The highest BCUT2D eigenvalue weighted by Gasteiger charge is 2.24. The SMILES string of the molecule is C[C@@H](OC(=O)c1cc([N+](=O)[O-])ccc1Cl)C(=O)c1ccc2c(c1)CCC2. The average Bonchev–Trinajstić information content (AvgIpc) is 3.08. The highest BCUT2D eigenvalue weighted by molar-refractivity contribution is 6.33. The van der Waals surface area contributed by atoms with E-state index in [4.69, 9.17) is 16.3 Å². The molecule has 0 heterocycles. The molecule has 134 valence electrons. The number of ketones is 1. The quantitative estimate of drug-likeness (QED) is 0.340. The van der Waals surface area contributed by atoms with Crippen LogP contribution in [0.4, 0.5) is 5.69 Å². The minimum Gasteiger partial charge on any atom is -0.451 e. The fourth-order valence-electron chi connectivity index (χ4n) is 3.02. The number of aryl methyl sites for hydroxylation is 2. The number of nitro groups is 1. The Kier molecular flexibility index (Phi) is 5.04. The Labute approximate surface area is 154 Å². The molecule has 0 fully saturated rings. The number of ether oxygens (including phenoxy) is 1. The molecule has 0 radical (unpaired) electrons. The van der Waals surface area contributed by atoms with E-state index in [-0.39, 0.29) is 22.1 Å². The molecule has 3 rings (SSSR count). The highest BCUT2D eigenvalue weighted by Crippen LogP contribution is 2.25. The van der Waals surface area contributed by atoms with Gasteiger partial charge in [0.05, 0.1) is 15.5 Å². The van der Waals surface area contributed by atoms with Crippen LogP contribution >= 0.6 is 11.6 Å². The zero-order valence-corrected chi connectivity index (χ0v) is 14.8. The van der Waals surface area contributed by atoms with Gasteiger partial charge in [-0.05, 0) is 49.4 Å². The minimum absolute atomic E-state index is 0.0257. The number of hydrogen-bond donors (Lipinski definition) is 0. The highest BCUT2D eigenvalue weighted by atomic mass is 35.5. The largest absolute Gasteiger partial charge is 0.451 e. The van der Waals surface area contributed by atoms with Gasteiger partial charge in [0.15, 0.2) is 6.10 Å². The second-order valence-corrected chi connectivity index (χ2v) is 6.58. The summed E-state index contributed by atoms with van der Waals surface area (Å²) in [6, 6.07) is 8.99. The molecule has 1 atom stereocenters. The van der Waals surface area contributed by atoms with Crippen LogP contribution in [-0.4, -0.2) is 22.8 Å². The molecule has 2 aromatic rings. The van der Waals surface area contributed by atoms with Gasteiger partial charge in [-0.1, -0.05) is 23.7 Å². The maximum absolute atomic E-state index is 12.6. The fourth-order valence-corrected chi connectivity index (χ4v) is 3.22. The lowest BCUT2D eigenvalue weighted by Gasteiger charge is -2.13. The van der Waals surface area contributed by atoms with Crippen LogP contribution in [0.2, 0.25) is 5.02 Å². The van der Waals surface area contributed by atoms with E-state index in [1.165, 1.54) is 24.6 Å². The smallest absolute Gasteiger partial charge is 0.340 e. The summed E-state index contributed by atoms with van der Waals surface area (Å²) in [5, 5.41) is 10.9. The standard InChI is InChI=1S/C19H16ClNO5/c1-11(18(22)14-6-5-12-3-2-4-13(12)9-14)26-19(23)16-10-15(21(24)25)7-8-17(16)20/h5-11H,2-4H2,1H3/t11-/m1/s1. The van der Waals surface area contributed by atoms with Crippen molar-refractivity contribution in [2.24, 2.45) is 0 Å². The summed E-state index contributed by atoms with van der Waals surface area (Å²) < 4.78 is 5.19. The van der Waals surface area contributed by atoms with Crippen molar-refractivity contribution >= 4 is 29.0 Å². The van der Waals surface area contributed by atoms with Crippen molar-refractivity contribution in [1.29, 1.82) is 0 Å². The minimum atomic E-state index is -1.03. The summed E-state index contributed by atoms with van der Waals surface area (Å²) in [6.07, 6.45) is 1.99. The number of Topliss-reactive ketones (excluding diaryl/α,β-unsaturated/α-hetero) is 1. The molecule has 2 aromatic carbocycles. The molecule has 0 unspecified atom stereocenters. The molecule has 0 N–H and O–H groups in total. The van der Waals surface area contributed by atoms with Crippen LogP contribution in [0.15, 0.2) is 36.4 Å². The van der Waals surface area contributed by atoms with Gasteiger partial charge < -0.3 is 4.74 Å². The first-order valence-corrected chi connectivity index (χ1v) is 8.55. The van der Waals surface area contributed by atoms with Crippen molar-refractivity contribution in [2.45, 2.75) is 32.3 Å². The lowest BCUT2D eigenvalue weighted by atomic mass is 10.0. The van der Waals surface area contributed by atoms with Gasteiger partial charge in [0.1, 0.15) is 0 Å². The first-order valence-electron chi connectivity index (χ1n) is 8.18. The molecule has 26 heavy (non-hydrogen) atoms. The average molecular weight is 374 g/mol. The van der Waals surface area contributed by atoms with E-state index in [1.807, 2.05) is 12.1 Å². The van der Waals surface area contributed by atoms with E-state index in [0.29, 0.717) is 5.56 Å². The van der Waals surface area contributed by atoms with Crippen LogP contribution in [0.3, 0.4) is 0 Å². The summed E-state index contributed by atoms with van der Waals surface area (Å²) in [5.41, 5.74) is 2.45. The number of nitro benzene ring substituents is 1. The van der Waals surface area contributed by atoms with Crippen molar-refractivity contribution < 1.29 is 19.2 Å². The molecule has 1 aliphatic rings. The zero-order valence-electron chi connectivity index (χ0n) is 14.0. The normalized spacial score (nSPS) is 13.8. The molecular weight excluding hydrogens is 358 g/mol. The number of fused-ring (bicyclic) bond motifs is 1. The monoisotopic (exact) mass is 373 g/mol. The number of halogens is 1. The third-order valence-electron chi connectivity index (χ3n) is 4.42. The topological polar surface area (TPSA) is 86.5 Å². The molecule has 0 saturated heterocycles. The molecule has 0 amide bonds. The molecular formula is C19H16ClNO5. The van der Waals surface area contributed by atoms with Crippen LogP contribution in [0.5, 0.6) is 0 Å². The van der Waals surface area contributed by atoms with Gasteiger partial charge in [-0.15, -0.1) is 0 Å². The van der Waals surface area contributed by atoms with E-state index in [9.17, 15) is 19.7 Å². The van der Waals surface area contributed by atoms with E-state index >= 15 is 0 Å². The summed E-state index contributed by atoms with van der Waals surface area (Å²) >= 11 is 5.93. The number of carbonyl (C=O) groups excluding carboxylic acids is 2. The van der Waals surface area contributed by atoms with Gasteiger partial charge in [-0.3, -0.25) is 14.9 Å². The van der Waals surface area contributed by atoms with Crippen molar-refractivity contribution in [1.82, 2.24) is 0 Å². The number of non-ortho nitro benzene ring substituents is 1. The van der Waals surface area contributed by atoms with Crippen LogP contribution in [0, 0.1) is 10.1 Å². The van der Waals surface area contributed by atoms with Gasteiger partial charge in [-0.2, -0.15) is 0 Å². The molecule has 7 heteroatoms. The number of benzene rings is 2. The Bertz CT molecular complexity index is 909. The lowest BCUT2D eigenvalue weighted by molar-refractivity contribution is -0.384. The van der Waals surface area contributed by atoms with Crippen LogP contribution < -0.4 is 0 Å². The summed E-state index contributed by atoms with van der Waals surface area (Å²) in [5.74, 6) is -1.20. The van der Waals surface area contributed by atoms with E-state index in [1.54, 1.807) is 6.07 Å². The van der Waals surface area contributed by atoms with Crippen molar-refractivity contribution in [3.8, 4) is 0 Å². The number of carbonyl (C=O) groups is 2. The Morgan fingerprint density at radius 1 is 1.15 bits per heavy atom. The molecule has 0 spiro atoms. The second kappa shape index (κ2) is 7.25. The third kappa shape index (κ3) is 3.60. The maximum Gasteiger partial charge on any atom is 0.340 e. The Morgan fingerprint density at radius 2 is 1.88 bits per heavy atom. The number of hydrogen-bond acceptors (Lipinski definition) is 5. The third-order valence-corrected chi connectivity index (χ3v) is 4.75. The fraction of sp³-hybridized carbons (Fsp3) is 0.263. The zero-order chi connectivity index (χ0) is 18.8. The maximum atomic E-state index is 12.6. The lowest BCUT2D eigenvalue weighted by Crippen LogP contribution is -2.24. The summed E-state index contributed by atoms with van der Waals surface area (Å²) in [6.45, 7) is 1.47. The Balaban J connectivity index is 1.76. The Morgan fingerprint density at radius 3 is 2.62 bits per heavy atom. The molecule has 0 saturated carbocycles. The van der Waals surface area contributed by atoms with E-state index in [0.717, 1.165) is 30.9 Å².